The lowest BCUT2D eigenvalue weighted by Crippen LogP contribution is -2.21. The van der Waals surface area contributed by atoms with Crippen LogP contribution in [0, 0.1) is 0 Å². The molecular formula is C7H12O7S. The van der Waals surface area contributed by atoms with Gasteiger partial charge in [-0.25, -0.2) is 8.98 Å². The van der Waals surface area contributed by atoms with Gasteiger partial charge in [-0.1, -0.05) is 6.58 Å². The van der Waals surface area contributed by atoms with Crippen LogP contribution in [0.2, 0.25) is 0 Å². The Hall–Kier alpha value is -0.960. The molecule has 0 aromatic carbocycles. The maximum atomic E-state index is 10.6. The van der Waals surface area contributed by atoms with Crippen molar-refractivity contribution in [3.63, 3.8) is 0 Å². The lowest BCUT2D eigenvalue weighted by Gasteiger charge is -2.09. The molecule has 8 heteroatoms. The Morgan fingerprint density at radius 2 is 2.20 bits per heavy atom. The molecule has 1 N–H and O–H groups in total. The molecule has 0 amide bonds. The minimum Gasteiger partial charge on any atom is -0.462 e. The van der Waals surface area contributed by atoms with Crippen molar-refractivity contribution in [1.82, 2.24) is 0 Å². The molecule has 0 bridgehead atoms. The minimum absolute atomic E-state index is 0.189. The van der Waals surface area contributed by atoms with Crippen LogP contribution in [0.4, 0.5) is 0 Å². The summed E-state index contributed by atoms with van der Waals surface area (Å²) in [6, 6.07) is 0. The molecule has 88 valence electrons. The quantitative estimate of drug-likeness (QED) is 0.358. The lowest BCUT2D eigenvalue weighted by molar-refractivity contribution is -0.139. The Balaban J connectivity index is 3.81. The maximum Gasteiger partial charge on any atom is 0.402 e. The predicted molar refractivity (Wildman–Crippen MR) is 48.8 cm³/mol. The van der Waals surface area contributed by atoms with Crippen molar-refractivity contribution in [2.75, 3.05) is 13.7 Å². The highest BCUT2D eigenvalue weighted by atomic mass is 32.3. The van der Waals surface area contributed by atoms with Crippen molar-refractivity contribution >= 4 is 16.4 Å². The van der Waals surface area contributed by atoms with E-state index in [9.17, 15) is 13.2 Å². The Bertz CT molecular complexity index is 307. The average molecular weight is 240 g/mol. The van der Waals surface area contributed by atoms with E-state index in [4.69, 9.17) is 5.11 Å². The molecule has 0 aromatic rings. The van der Waals surface area contributed by atoms with E-state index >= 15 is 0 Å². The van der Waals surface area contributed by atoms with Gasteiger partial charge in [-0.3, -0.25) is 4.18 Å². The number of carbonyl (C=O) groups excluding carboxylic acids is 1. The van der Waals surface area contributed by atoms with Gasteiger partial charge in [-0.2, -0.15) is 8.42 Å². The summed E-state index contributed by atoms with van der Waals surface area (Å²) >= 11 is 0. The third kappa shape index (κ3) is 7.03. The van der Waals surface area contributed by atoms with Gasteiger partial charge in [0, 0.05) is 12.5 Å². The number of rotatable bonds is 7. The standard InChI is InChI=1S/C7H12O7S/c1-3-6(8)13-5-4-7(9)14-15(10,11)12-2/h3,7,9H,1,4-5H2,2H3. The fourth-order valence-electron chi connectivity index (χ4n) is 0.543. The predicted octanol–water partition coefficient (Wildman–Crippen LogP) is -0.668. The molecule has 0 aliphatic carbocycles. The number of aliphatic hydroxyl groups excluding tert-OH is 1. The second-order valence-electron chi connectivity index (χ2n) is 2.29. The van der Waals surface area contributed by atoms with Gasteiger partial charge >= 0.3 is 16.4 Å². The van der Waals surface area contributed by atoms with Crippen LogP contribution in [0.1, 0.15) is 6.42 Å². The summed E-state index contributed by atoms with van der Waals surface area (Å²) in [7, 11) is -3.30. The molecule has 0 saturated heterocycles. The van der Waals surface area contributed by atoms with Crippen molar-refractivity contribution in [2.24, 2.45) is 0 Å². The van der Waals surface area contributed by atoms with Crippen LogP contribution in [0.3, 0.4) is 0 Å². The topological polar surface area (TPSA) is 99.1 Å². The van der Waals surface area contributed by atoms with E-state index in [1.54, 1.807) is 0 Å². The summed E-state index contributed by atoms with van der Waals surface area (Å²) in [5.74, 6) is -0.670. The molecule has 1 unspecified atom stereocenters. The fourth-order valence-corrected chi connectivity index (χ4v) is 0.990. The first-order valence-corrected chi connectivity index (χ1v) is 5.20. The van der Waals surface area contributed by atoms with E-state index in [0.717, 1.165) is 13.2 Å². The third-order valence-corrected chi connectivity index (χ3v) is 2.07. The van der Waals surface area contributed by atoms with Crippen molar-refractivity contribution < 1.29 is 31.4 Å². The number of ether oxygens (including phenoxy) is 1. The average Bonchev–Trinajstić information content (AvgIpc) is 2.16. The van der Waals surface area contributed by atoms with Crippen molar-refractivity contribution in [3.05, 3.63) is 12.7 Å². The van der Waals surface area contributed by atoms with Crippen molar-refractivity contribution in [1.29, 1.82) is 0 Å². The van der Waals surface area contributed by atoms with Gasteiger partial charge in [-0.05, 0) is 0 Å². The van der Waals surface area contributed by atoms with Crippen LogP contribution in [-0.4, -0.2) is 39.5 Å². The molecule has 7 nitrogen and oxygen atoms in total. The van der Waals surface area contributed by atoms with Crippen molar-refractivity contribution in [2.45, 2.75) is 12.7 Å². The van der Waals surface area contributed by atoms with Gasteiger partial charge in [-0.15, -0.1) is 0 Å². The first-order valence-electron chi connectivity index (χ1n) is 3.87. The molecule has 0 aliphatic heterocycles. The van der Waals surface area contributed by atoms with E-state index in [0.29, 0.717) is 0 Å². The Kier molecular flexibility index (Phi) is 6.09. The van der Waals surface area contributed by atoms with E-state index < -0.39 is 22.7 Å². The highest BCUT2D eigenvalue weighted by Crippen LogP contribution is 2.02. The Labute approximate surface area is 87.6 Å². The van der Waals surface area contributed by atoms with Gasteiger partial charge in [0.15, 0.2) is 6.29 Å². The summed E-state index contributed by atoms with van der Waals surface area (Å²) < 4.78 is 33.8. The zero-order valence-corrected chi connectivity index (χ0v) is 8.90. The monoisotopic (exact) mass is 240 g/mol. The normalized spacial score (nSPS) is 13.2. The zero-order valence-electron chi connectivity index (χ0n) is 8.08. The molecule has 0 radical (unpaired) electrons. The van der Waals surface area contributed by atoms with Gasteiger partial charge < -0.3 is 9.84 Å². The smallest absolute Gasteiger partial charge is 0.402 e. The molecule has 0 spiro atoms. The minimum atomic E-state index is -4.19. The summed E-state index contributed by atoms with van der Waals surface area (Å²) in [4.78, 5) is 10.5. The fraction of sp³-hybridized carbons (Fsp3) is 0.571. The second-order valence-corrected chi connectivity index (χ2v) is 3.63. The molecule has 0 aromatic heterocycles. The summed E-state index contributed by atoms with van der Waals surface area (Å²) in [6.07, 6.45) is -0.867. The van der Waals surface area contributed by atoms with Gasteiger partial charge in [0.1, 0.15) is 0 Å². The molecule has 0 aliphatic rings. The van der Waals surface area contributed by atoms with Gasteiger partial charge in [0.2, 0.25) is 0 Å². The first-order chi connectivity index (χ1) is 6.91. The number of esters is 1. The second kappa shape index (κ2) is 6.51. The Morgan fingerprint density at radius 1 is 1.60 bits per heavy atom. The molecular weight excluding hydrogens is 228 g/mol. The van der Waals surface area contributed by atoms with Gasteiger partial charge in [0.05, 0.1) is 13.7 Å². The van der Waals surface area contributed by atoms with E-state index in [1.165, 1.54) is 0 Å². The SMILES string of the molecule is C=CC(=O)OCCC(O)OS(=O)(=O)OC. The summed E-state index contributed by atoms with van der Waals surface area (Å²) in [5, 5.41) is 9.00. The molecule has 0 heterocycles. The largest absolute Gasteiger partial charge is 0.462 e. The van der Waals surface area contributed by atoms with Crippen LogP contribution in [0.15, 0.2) is 12.7 Å². The van der Waals surface area contributed by atoms with E-state index in [-0.39, 0.29) is 13.0 Å². The molecule has 15 heavy (non-hydrogen) atoms. The lowest BCUT2D eigenvalue weighted by atomic mass is 10.4. The number of aliphatic hydroxyl groups is 1. The van der Waals surface area contributed by atoms with E-state index in [2.05, 4.69) is 19.7 Å². The summed E-state index contributed by atoms with van der Waals surface area (Å²) in [5.41, 5.74) is 0. The van der Waals surface area contributed by atoms with Crippen LogP contribution in [0.25, 0.3) is 0 Å². The molecule has 0 rings (SSSR count). The van der Waals surface area contributed by atoms with Crippen LogP contribution in [0.5, 0.6) is 0 Å². The molecule has 0 fully saturated rings. The highest BCUT2D eigenvalue weighted by molar-refractivity contribution is 7.81. The number of hydrogen-bond donors (Lipinski definition) is 1. The number of hydrogen-bond acceptors (Lipinski definition) is 7. The molecule has 0 saturated carbocycles. The van der Waals surface area contributed by atoms with Crippen LogP contribution >= 0.6 is 0 Å². The summed E-state index contributed by atoms with van der Waals surface area (Å²) in [6.45, 7) is 2.96. The zero-order chi connectivity index (χ0) is 11.9. The molecule has 1 atom stereocenters. The van der Waals surface area contributed by atoms with Crippen molar-refractivity contribution in [3.8, 4) is 0 Å². The van der Waals surface area contributed by atoms with Gasteiger partial charge in [0.25, 0.3) is 0 Å². The Morgan fingerprint density at radius 3 is 2.67 bits per heavy atom. The first kappa shape index (κ1) is 14.0. The van der Waals surface area contributed by atoms with E-state index in [1.807, 2.05) is 0 Å². The van der Waals surface area contributed by atoms with Crippen LogP contribution < -0.4 is 0 Å². The third-order valence-electron chi connectivity index (χ3n) is 1.21. The number of carbonyl (C=O) groups is 1. The maximum absolute atomic E-state index is 10.6. The van der Waals surface area contributed by atoms with Crippen LogP contribution in [-0.2, 0) is 28.3 Å². The highest BCUT2D eigenvalue weighted by Gasteiger charge is 2.16.